The van der Waals surface area contributed by atoms with Crippen molar-refractivity contribution < 1.29 is 8.42 Å². The van der Waals surface area contributed by atoms with Gasteiger partial charge in [0.1, 0.15) is 5.82 Å². The first-order chi connectivity index (χ1) is 16.5. The highest BCUT2D eigenvalue weighted by Crippen LogP contribution is 2.28. The first-order valence-corrected chi connectivity index (χ1v) is 13.0. The van der Waals surface area contributed by atoms with E-state index in [4.69, 9.17) is 0 Å². The molecule has 34 heavy (non-hydrogen) atoms. The molecule has 1 N–H and O–H groups in total. The average Bonchev–Trinajstić information content (AvgIpc) is 3.31. The second-order valence-electron chi connectivity index (χ2n) is 8.65. The molecule has 0 saturated carbocycles. The largest absolute Gasteiger partial charge is 0.370 e. The number of sulfonamides is 1. The lowest BCUT2D eigenvalue weighted by atomic mass is 10.1. The van der Waals surface area contributed by atoms with Crippen molar-refractivity contribution >= 4 is 26.7 Å². The Bertz CT molecular complexity index is 1390. The van der Waals surface area contributed by atoms with Gasteiger partial charge in [0.2, 0.25) is 10.0 Å². The molecule has 4 aromatic rings. The Labute approximate surface area is 199 Å². The van der Waals surface area contributed by atoms with Crippen LogP contribution in [-0.2, 0) is 16.4 Å². The molecule has 0 bridgehead atoms. The second-order valence-corrected chi connectivity index (χ2v) is 10.6. The van der Waals surface area contributed by atoms with E-state index in [1.807, 2.05) is 54.2 Å². The Morgan fingerprint density at radius 3 is 2.82 bits per heavy atom. The molecule has 1 aliphatic heterocycles. The predicted octanol–water partition coefficient (Wildman–Crippen LogP) is 3.82. The molecule has 1 fully saturated rings. The summed E-state index contributed by atoms with van der Waals surface area (Å²) in [7, 11) is -3.60. The fourth-order valence-corrected chi connectivity index (χ4v) is 5.92. The standard InChI is InChI=1S/C25H28N6O2S/c1-19-12-16-31(29-19)22-6-4-15-30(18-22)34(32,33)23-8-9-24-20(17-23)7-10-25(28-24)27-14-11-21-5-2-3-13-26-21/h2-3,5,7-10,12-13,16-17,22H,4,6,11,14-15,18H2,1H3,(H,27,28). The van der Waals surface area contributed by atoms with Crippen LogP contribution in [0.15, 0.2) is 71.9 Å². The van der Waals surface area contributed by atoms with Crippen molar-refractivity contribution in [2.75, 3.05) is 25.0 Å². The molecule has 5 rings (SSSR count). The molecule has 176 valence electrons. The Balaban J connectivity index is 1.29. The molecule has 0 amide bonds. The fourth-order valence-electron chi connectivity index (χ4n) is 4.37. The zero-order chi connectivity index (χ0) is 23.5. The number of aromatic nitrogens is 4. The number of pyridine rings is 2. The number of benzene rings is 1. The van der Waals surface area contributed by atoms with Crippen LogP contribution in [0.3, 0.4) is 0 Å². The van der Waals surface area contributed by atoms with Gasteiger partial charge in [-0.15, -0.1) is 0 Å². The maximum atomic E-state index is 13.4. The lowest BCUT2D eigenvalue weighted by Crippen LogP contribution is -2.40. The number of fused-ring (bicyclic) bond motifs is 1. The highest BCUT2D eigenvalue weighted by Gasteiger charge is 2.31. The van der Waals surface area contributed by atoms with Crippen molar-refractivity contribution in [3.63, 3.8) is 0 Å². The van der Waals surface area contributed by atoms with Gasteiger partial charge < -0.3 is 5.32 Å². The van der Waals surface area contributed by atoms with E-state index in [1.54, 1.807) is 28.7 Å². The minimum Gasteiger partial charge on any atom is -0.370 e. The molecule has 1 saturated heterocycles. The highest BCUT2D eigenvalue weighted by atomic mass is 32.2. The Kier molecular flexibility index (Phi) is 6.30. The van der Waals surface area contributed by atoms with E-state index < -0.39 is 10.0 Å². The lowest BCUT2D eigenvalue weighted by Gasteiger charge is -2.32. The molecule has 0 spiro atoms. The van der Waals surface area contributed by atoms with Crippen molar-refractivity contribution in [1.82, 2.24) is 24.1 Å². The maximum Gasteiger partial charge on any atom is 0.243 e. The molecule has 1 atom stereocenters. The van der Waals surface area contributed by atoms with E-state index in [9.17, 15) is 8.42 Å². The summed E-state index contributed by atoms with van der Waals surface area (Å²) in [5.41, 5.74) is 2.71. The van der Waals surface area contributed by atoms with Crippen LogP contribution in [0.2, 0.25) is 0 Å². The van der Waals surface area contributed by atoms with Crippen LogP contribution in [0.1, 0.15) is 30.3 Å². The van der Waals surface area contributed by atoms with Crippen LogP contribution in [0.4, 0.5) is 5.82 Å². The van der Waals surface area contributed by atoms with Crippen LogP contribution < -0.4 is 5.32 Å². The summed E-state index contributed by atoms with van der Waals surface area (Å²) in [6.45, 7) is 3.61. The van der Waals surface area contributed by atoms with Crippen LogP contribution in [0.25, 0.3) is 10.9 Å². The number of nitrogens with one attached hydrogen (secondary N) is 1. The average molecular weight is 477 g/mol. The number of rotatable bonds is 7. The normalized spacial score (nSPS) is 17.1. The first kappa shape index (κ1) is 22.5. The predicted molar refractivity (Wildman–Crippen MR) is 132 cm³/mol. The first-order valence-electron chi connectivity index (χ1n) is 11.6. The number of hydrogen-bond acceptors (Lipinski definition) is 6. The maximum absolute atomic E-state index is 13.4. The Hall–Kier alpha value is -3.30. The molecule has 3 aromatic heterocycles. The number of anilines is 1. The van der Waals surface area contributed by atoms with Crippen molar-refractivity contribution in [3.05, 3.63) is 78.4 Å². The molecule has 8 nitrogen and oxygen atoms in total. The van der Waals surface area contributed by atoms with Crippen LogP contribution in [-0.4, -0.2) is 52.1 Å². The summed E-state index contributed by atoms with van der Waals surface area (Å²) in [6.07, 6.45) is 6.25. The number of aryl methyl sites for hydroxylation is 1. The van der Waals surface area contributed by atoms with Gasteiger partial charge in [0.05, 0.1) is 22.1 Å². The third-order valence-electron chi connectivity index (χ3n) is 6.19. The monoisotopic (exact) mass is 476 g/mol. The van der Waals surface area contributed by atoms with Gasteiger partial charge >= 0.3 is 0 Å². The number of piperidine rings is 1. The molecule has 9 heteroatoms. The Morgan fingerprint density at radius 1 is 1.12 bits per heavy atom. The Morgan fingerprint density at radius 2 is 2.03 bits per heavy atom. The van der Waals surface area contributed by atoms with E-state index in [-0.39, 0.29) is 6.04 Å². The summed E-state index contributed by atoms with van der Waals surface area (Å²) in [5.74, 6) is 0.757. The van der Waals surface area contributed by atoms with Gasteiger partial charge in [0.15, 0.2) is 0 Å². The molecular formula is C25H28N6O2S. The van der Waals surface area contributed by atoms with E-state index in [2.05, 4.69) is 20.4 Å². The van der Waals surface area contributed by atoms with Crippen LogP contribution in [0, 0.1) is 6.92 Å². The van der Waals surface area contributed by atoms with Gasteiger partial charge in [-0.25, -0.2) is 13.4 Å². The van der Waals surface area contributed by atoms with Crippen molar-refractivity contribution in [2.24, 2.45) is 0 Å². The molecule has 0 radical (unpaired) electrons. The fraction of sp³-hybridized carbons (Fsp3) is 0.320. The summed E-state index contributed by atoms with van der Waals surface area (Å²) >= 11 is 0. The van der Waals surface area contributed by atoms with E-state index in [0.717, 1.165) is 47.4 Å². The van der Waals surface area contributed by atoms with E-state index in [1.165, 1.54) is 0 Å². The van der Waals surface area contributed by atoms with Crippen LogP contribution in [0.5, 0.6) is 0 Å². The van der Waals surface area contributed by atoms with Gasteiger partial charge in [0.25, 0.3) is 0 Å². The highest BCUT2D eigenvalue weighted by molar-refractivity contribution is 7.89. The topological polar surface area (TPSA) is 93.0 Å². The van der Waals surface area contributed by atoms with Crippen LogP contribution >= 0.6 is 0 Å². The molecule has 1 aliphatic rings. The van der Waals surface area contributed by atoms with E-state index in [0.29, 0.717) is 24.5 Å². The number of hydrogen-bond donors (Lipinski definition) is 1. The van der Waals surface area contributed by atoms with Gasteiger partial charge in [-0.2, -0.15) is 9.40 Å². The van der Waals surface area contributed by atoms with Gasteiger partial charge in [-0.1, -0.05) is 6.07 Å². The smallest absolute Gasteiger partial charge is 0.243 e. The van der Waals surface area contributed by atoms with Crippen molar-refractivity contribution in [3.8, 4) is 0 Å². The summed E-state index contributed by atoms with van der Waals surface area (Å²) < 4.78 is 30.3. The summed E-state index contributed by atoms with van der Waals surface area (Å²) in [5, 5.41) is 8.61. The SMILES string of the molecule is Cc1ccn(C2CCCN(S(=O)(=O)c3ccc4nc(NCCc5ccccn5)ccc4c3)C2)n1. The third kappa shape index (κ3) is 4.80. The molecule has 1 unspecified atom stereocenters. The van der Waals surface area contributed by atoms with Crippen molar-refractivity contribution in [1.29, 1.82) is 0 Å². The molecule has 4 heterocycles. The van der Waals surface area contributed by atoms with E-state index >= 15 is 0 Å². The zero-order valence-electron chi connectivity index (χ0n) is 19.1. The summed E-state index contributed by atoms with van der Waals surface area (Å²) in [4.78, 5) is 9.27. The molecule has 1 aromatic carbocycles. The summed E-state index contributed by atoms with van der Waals surface area (Å²) in [6, 6.07) is 16.8. The minimum atomic E-state index is -3.60. The molecule has 0 aliphatic carbocycles. The molecular weight excluding hydrogens is 448 g/mol. The zero-order valence-corrected chi connectivity index (χ0v) is 19.9. The van der Waals surface area contributed by atoms with Gasteiger partial charge in [0, 0.05) is 49.5 Å². The quantitative estimate of drug-likeness (QED) is 0.436. The number of nitrogens with zero attached hydrogens (tertiary/aromatic N) is 5. The third-order valence-corrected chi connectivity index (χ3v) is 8.05. The van der Waals surface area contributed by atoms with Crippen molar-refractivity contribution in [2.45, 2.75) is 37.1 Å². The second kappa shape index (κ2) is 9.52. The minimum absolute atomic E-state index is 0.0547. The van der Waals surface area contributed by atoms with Gasteiger partial charge in [-0.3, -0.25) is 9.67 Å². The van der Waals surface area contributed by atoms with Gasteiger partial charge in [-0.05, 0) is 68.3 Å². The lowest BCUT2D eigenvalue weighted by molar-refractivity contribution is 0.253.